The molecule has 0 saturated heterocycles. The molecule has 19 heavy (non-hydrogen) atoms. The summed E-state index contributed by atoms with van der Waals surface area (Å²) in [4.78, 5) is 13.7. The Hall–Kier alpha value is -1.07. The topological polar surface area (TPSA) is 44.4 Å². The summed E-state index contributed by atoms with van der Waals surface area (Å²) >= 11 is 3.58. The van der Waals surface area contributed by atoms with E-state index in [9.17, 15) is 4.79 Å². The minimum absolute atomic E-state index is 0.0553. The quantitative estimate of drug-likeness (QED) is 0.806. The standard InChI is InChI=1S/C14H22BrN3O/c1-4-17-14(19)10-18(5-2)12-7-6-11(9-16-3)13(15)8-12/h6-8,16H,4-5,9-10H2,1-3H3,(H,17,19). The molecule has 0 aliphatic rings. The summed E-state index contributed by atoms with van der Waals surface area (Å²) in [5.74, 6) is 0.0553. The Bertz CT molecular complexity index is 423. The van der Waals surface area contributed by atoms with Gasteiger partial charge >= 0.3 is 0 Å². The second kappa shape index (κ2) is 8.17. The predicted molar refractivity (Wildman–Crippen MR) is 83.5 cm³/mol. The maximum Gasteiger partial charge on any atom is 0.239 e. The third kappa shape index (κ3) is 4.84. The number of nitrogens with one attached hydrogen (secondary N) is 2. The Morgan fingerprint density at radius 3 is 2.63 bits per heavy atom. The zero-order valence-electron chi connectivity index (χ0n) is 11.8. The number of benzene rings is 1. The van der Waals surface area contributed by atoms with E-state index in [0.717, 1.165) is 23.2 Å². The van der Waals surface area contributed by atoms with Crippen LogP contribution in [-0.4, -0.2) is 32.6 Å². The Morgan fingerprint density at radius 1 is 1.37 bits per heavy atom. The second-order valence-corrected chi connectivity index (χ2v) is 5.13. The number of hydrogen-bond acceptors (Lipinski definition) is 3. The first-order valence-corrected chi connectivity index (χ1v) is 7.36. The molecule has 0 atom stereocenters. The largest absolute Gasteiger partial charge is 0.362 e. The maximum atomic E-state index is 11.7. The summed E-state index contributed by atoms with van der Waals surface area (Å²) in [6.45, 7) is 6.66. The number of anilines is 1. The molecule has 0 heterocycles. The van der Waals surface area contributed by atoms with Gasteiger partial charge in [0.15, 0.2) is 0 Å². The number of nitrogens with zero attached hydrogens (tertiary/aromatic N) is 1. The van der Waals surface area contributed by atoms with Gasteiger partial charge in [0.05, 0.1) is 6.54 Å². The highest BCUT2D eigenvalue weighted by molar-refractivity contribution is 9.10. The average Bonchev–Trinajstić information content (AvgIpc) is 2.39. The highest BCUT2D eigenvalue weighted by Crippen LogP contribution is 2.24. The Kier molecular flexibility index (Phi) is 6.87. The number of carbonyl (C=O) groups excluding carboxylic acids is 1. The van der Waals surface area contributed by atoms with Crippen LogP contribution in [0.2, 0.25) is 0 Å². The maximum absolute atomic E-state index is 11.7. The summed E-state index contributed by atoms with van der Waals surface area (Å²) in [6.07, 6.45) is 0. The van der Waals surface area contributed by atoms with Gasteiger partial charge in [0, 0.05) is 29.8 Å². The van der Waals surface area contributed by atoms with E-state index >= 15 is 0 Å². The molecule has 0 aromatic heterocycles. The molecular formula is C14H22BrN3O. The van der Waals surface area contributed by atoms with Gasteiger partial charge < -0.3 is 15.5 Å². The minimum atomic E-state index is 0.0553. The van der Waals surface area contributed by atoms with Crippen molar-refractivity contribution in [2.45, 2.75) is 20.4 Å². The van der Waals surface area contributed by atoms with Crippen molar-refractivity contribution in [2.75, 3.05) is 31.6 Å². The predicted octanol–water partition coefficient (Wildman–Crippen LogP) is 2.13. The van der Waals surface area contributed by atoms with Gasteiger partial charge in [-0.1, -0.05) is 22.0 Å². The van der Waals surface area contributed by atoms with E-state index in [-0.39, 0.29) is 5.91 Å². The van der Waals surface area contributed by atoms with E-state index in [0.29, 0.717) is 13.1 Å². The van der Waals surface area contributed by atoms with Gasteiger partial charge in [-0.2, -0.15) is 0 Å². The van der Waals surface area contributed by atoms with Crippen molar-refractivity contribution in [3.63, 3.8) is 0 Å². The molecule has 0 saturated carbocycles. The van der Waals surface area contributed by atoms with Crippen molar-refractivity contribution in [3.05, 3.63) is 28.2 Å². The molecule has 1 amide bonds. The summed E-state index contributed by atoms with van der Waals surface area (Å²) in [5, 5.41) is 5.95. The molecule has 0 bridgehead atoms. The zero-order valence-corrected chi connectivity index (χ0v) is 13.4. The van der Waals surface area contributed by atoms with Gasteiger partial charge in [-0.05, 0) is 38.6 Å². The smallest absolute Gasteiger partial charge is 0.239 e. The van der Waals surface area contributed by atoms with Crippen LogP contribution in [0.15, 0.2) is 22.7 Å². The monoisotopic (exact) mass is 327 g/mol. The molecular weight excluding hydrogens is 306 g/mol. The molecule has 106 valence electrons. The van der Waals surface area contributed by atoms with E-state index in [2.05, 4.69) is 56.6 Å². The highest BCUT2D eigenvalue weighted by atomic mass is 79.9. The van der Waals surface area contributed by atoms with Crippen LogP contribution in [0.25, 0.3) is 0 Å². The lowest BCUT2D eigenvalue weighted by atomic mass is 10.2. The van der Waals surface area contributed by atoms with Crippen LogP contribution < -0.4 is 15.5 Å². The molecule has 2 N–H and O–H groups in total. The third-order valence-corrected chi connectivity index (χ3v) is 3.60. The first-order chi connectivity index (χ1) is 9.12. The molecule has 5 heteroatoms. The lowest BCUT2D eigenvalue weighted by Gasteiger charge is -2.23. The first-order valence-electron chi connectivity index (χ1n) is 6.57. The number of halogens is 1. The third-order valence-electron chi connectivity index (χ3n) is 2.86. The van der Waals surface area contributed by atoms with E-state index in [1.807, 2.05) is 14.0 Å². The fourth-order valence-corrected chi connectivity index (χ4v) is 2.39. The summed E-state index contributed by atoms with van der Waals surface area (Å²) < 4.78 is 1.06. The molecule has 1 aromatic rings. The number of hydrogen-bond donors (Lipinski definition) is 2. The molecule has 4 nitrogen and oxygen atoms in total. The van der Waals surface area contributed by atoms with E-state index in [1.165, 1.54) is 5.56 Å². The Balaban J connectivity index is 2.81. The van der Waals surface area contributed by atoms with Crippen LogP contribution in [0.3, 0.4) is 0 Å². The van der Waals surface area contributed by atoms with Gasteiger partial charge in [0.2, 0.25) is 5.91 Å². The lowest BCUT2D eigenvalue weighted by Crippen LogP contribution is -2.37. The average molecular weight is 328 g/mol. The van der Waals surface area contributed by atoms with Crippen LogP contribution in [0.1, 0.15) is 19.4 Å². The molecule has 0 radical (unpaired) electrons. The van der Waals surface area contributed by atoms with E-state index < -0.39 is 0 Å². The Morgan fingerprint density at radius 2 is 2.11 bits per heavy atom. The van der Waals surface area contributed by atoms with Gasteiger partial charge in [-0.3, -0.25) is 4.79 Å². The first kappa shape index (κ1) is 16.0. The zero-order chi connectivity index (χ0) is 14.3. The molecule has 1 rings (SSSR count). The minimum Gasteiger partial charge on any atom is -0.362 e. The summed E-state index contributed by atoms with van der Waals surface area (Å²) in [6, 6.07) is 6.20. The van der Waals surface area contributed by atoms with E-state index in [1.54, 1.807) is 0 Å². The van der Waals surface area contributed by atoms with Crippen molar-refractivity contribution >= 4 is 27.5 Å². The SMILES string of the molecule is CCNC(=O)CN(CC)c1ccc(CNC)c(Br)c1. The lowest BCUT2D eigenvalue weighted by molar-refractivity contribution is -0.119. The van der Waals surface area contributed by atoms with Gasteiger partial charge in [0.1, 0.15) is 0 Å². The number of amides is 1. The van der Waals surface area contributed by atoms with Crippen molar-refractivity contribution in [1.29, 1.82) is 0 Å². The summed E-state index contributed by atoms with van der Waals surface area (Å²) in [7, 11) is 1.92. The van der Waals surface area contributed by atoms with Gasteiger partial charge in [0.25, 0.3) is 0 Å². The molecule has 0 aliphatic carbocycles. The number of carbonyl (C=O) groups is 1. The Labute approximate surface area is 123 Å². The van der Waals surface area contributed by atoms with Crippen LogP contribution in [0.4, 0.5) is 5.69 Å². The molecule has 0 fully saturated rings. The van der Waals surface area contributed by atoms with Crippen LogP contribution in [0, 0.1) is 0 Å². The summed E-state index contributed by atoms with van der Waals surface area (Å²) in [5.41, 5.74) is 2.26. The van der Waals surface area contributed by atoms with Crippen LogP contribution in [0.5, 0.6) is 0 Å². The molecule has 1 aromatic carbocycles. The van der Waals surface area contributed by atoms with Crippen molar-refractivity contribution in [2.24, 2.45) is 0 Å². The van der Waals surface area contributed by atoms with Crippen LogP contribution in [-0.2, 0) is 11.3 Å². The molecule has 0 aliphatic heterocycles. The fourth-order valence-electron chi connectivity index (χ4n) is 1.88. The molecule has 0 spiro atoms. The van der Waals surface area contributed by atoms with Gasteiger partial charge in [-0.15, -0.1) is 0 Å². The number of likely N-dealkylation sites (N-methyl/N-ethyl adjacent to an activating group) is 2. The highest BCUT2D eigenvalue weighted by Gasteiger charge is 2.10. The van der Waals surface area contributed by atoms with Gasteiger partial charge in [-0.25, -0.2) is 0 Å². The normalized spacial score (nSPS) is 10.3. The van der Waals surface area contributed by atoms with E-state index in [4.69, 9.17) is 0 Å². The van der Waals surface area contributed by atoms with Crippen molar-refractivity contribution in [3.8, 4) is 0 Å². The van der Waals surface area contributed by atoms with Crippen molar-refractivity contribution in [1.82, 2.24) is 10.6 Å². The second-order valence-electron chi connectivity index (χ2n) is 4.27. The van der Waals surface area contributed by atoms with Crippen molar-refractivity contribution < 1.29 is 4.79 Å². The fraction of sp³-hybridized carbons (Fsp3) is 0.500. The van der Waals surface area contributed by atoms with Crippen LogP contribution >= 0.6 is 15.9 Å². The molecule has 0 unspecified atom stereocenters. The number of rotatable bonds is 7.